The lowest BCUT2D eigenvalue weighted by atomic mass is 10.0. The minimum absolute atomic E-state index is 0.125. The second-order valence-corrected chi connectivity index (χ2v) is 6.10. The van der Waals surface area contributed by atoms with Crippen molar-refractivity contribution in [1.82, 2.24) is 0 Å². The fraction of sp³-hybridized carbons (Fsp3) is 0.263. The second kappa shape index (κ2) is 6.83. The highest BCUT2D eigenvalue weighted by Gasteiger charge is 2.34. The van der Waals surface area contributed by atoms with Crippen molar-refractivity contribution < 1.29 is 19.1 Å². The third kappa shape index (κ3) is 3.45. The van der Waals surface area contributed by atoms with Crippen molar-refractivity contribution in [3.05, 3.63) is 54.3 Å². The fourth-order valence-corrected chi connectivity index (χ4v) is 3.11. The zero-order valence-corrected chi connectivity index (χ0v) is 13.0. The Morgan fingerprint density at radius 1 is 1.00 bits per heavy atom. The number of carbonyl (C=O) groups is 2. The Kier molecular flexibility index (Phi) is 4.60. The van der Waals surface area contributed by atoms with Gasteiger partial charge in [-0.05, 0) is 42.5 Å². The molecule has 1 saturated carbocycles. The number of nitrogens with one attached hydrogen (secondary N) is 1. The number of carboxylic acid groups (broad SMARTS) is 1. The van der Waals surface area contributed by atoms with Crippen molar-refractivity contribution in [2.45, 2.75) is 19.3 Å². The molecule has 1 aliphatic rings. The van der Waals surface area contributed by atoms with E-state index in [9.17, 15) is 14.0 Å². The average Bonchev–Trinajstić information content (AvgIpc) is 3.08. The minimum Gasteiger partial charge on any atom is -0.481 e. The average molecular weight is 327 g/mol. The summed E-state index contributed by atoms with van der Waals surface area (Å²) in [7, 11) is 0. The molecule has 0 aliphatic heterocycles. The minimum atomic E-state index is -0.873. The van der Waals surface area contributed by atoms with Crippen molar-refractivity contribution in [2.24, 2.45) is 11.8 Å². The standard InChI is InChI=1S/C19H18FNO3/c20-16-9-8-13(12-4-2-1-3-5-12)11-17(16)21-18(22)14-6-7-15(10-14)19(23)24/h1-5,8-9,11,14-15H,6-7,10H2,(H,21,22)(H,23,24)/t14-,15+/m0/s1. The monoisotopic (exact) mass is 327 g/mol. The molecule has 1 fully saturated rings. The van der Waals surface area contributed by atoms with E-state index in [2.05, 4.69) is 5.32 Å². The summed E-state index contributed by atoms with van der Waals surface area (Å²) in [4.78, 5) is 23.3. The van der Waals surface area contributed by atoms with Crippen molar-refractivity contribution in [1.29, 1.82) is 0 Å². The Morgan fingerprint density at radius 2 is 1.71 bits per heavy atom. The maximum atomic E-state index is 14.0. The third-order valence-corrected chi connectivity index (χ3v) is 4.48. The van der Waals surface area contributed by atoms with Gasteiger partial charge in [-0.25, -0.2) is 4.39 Å². The van der Waals surface area contributed by atoms with Crippen LogP contribution < -0.4 is 5.32 Å². The number of aliphatic carboxylic acids is 1. The van der Waals surface area contributed by atoms with Gasteiger partial charge < -0.3 is 10.4 Å². The molecule has 0 spiro atoms. The van der Waals surface area contributed by atoms with Crippen molar-refractivity contribution in [3.63, 3.8) is 0 Å². The lowest BCUT2D eigenvalue weighted by molar-refractivity contribution is -0.141. The topological polar surface area (TPSA) is 66.4 Å². The summed E-state index contributed by atoms with van der Waals surface area (Å²) in [5.74, 6) is -2.56. The van der Waals surface area contributed by atoms with E-state index in [4.69, 9.17) is 5.11 Å². The molecule has 124 valence electrons. The van der Waals surface area contributed by atoms with E-state index in [1.165, 1.54) is 6.07 Å². The highest BCUT2D eigenvalue weighted by molar-refractivity contribution is 5.94. The summed E-state index contributed by atoms with van der Waals surface area (Å²) >= 11 is 0. The van der Waals surface area contributed by atoms with Gasteiger partial charge in [-0.15, -0.1) is 0 Å². The van der Waals surface area contributed by atoms with Gasteiger partial charge >= 0.3 is 5.97 Å². The van der Waals surface area contributed by atoms with Crippen LogP contribution in [0.1, 0.15) is 19.3 Å². The molecular weight excluding hydrogens is 309 g/mol. The van der Waals surface area contributed by atoms with Gasteiger partial charge in [0.1, 0.15) is 5.82 Å². The molecule has 2 N–H and O–H groups in total. The van der Waals surface area contributed by atoms with Gasteiger partial charge in [-0.3, -0.25) is 9.59 Å². The molecule has 2 atom stereocenters. The first kappa shape index (κ1) is 16.2. The van der Waals surface area contributed by atoms with Gasteiger partial charge in [0.2, 0.25) is 5.91 Å². The van der Waals surface area contributed by atoms with Gasteiger partial charge in [0.25, 0.3) is 0 Å². The molecule has 0 heterocycles. The van der Waals surface area contributed by atoms with E-state index in [1.807, 2.05) is 30.3 Å². The Balaban J connectivity index is 1.75. The van der Waals surface area contributed by atoms with Gasteiger partial charge in [0, 0.05) is 5.92 Å². The summed E-state index contributed by atoms with van der Waals surface area (Å²) in [5.41, 5.74) is 1.86. The SMILES string of the molecule is O=C(O)[C@@H]1CC[C@H](C(=O)Nc2cc(-c3ccccc3)ccc2F)C1. The van der Waals surface area contributed by atoms with Gasteiger partial charge in [0.05, 0.1) is 11.6 Å². The van der Waals surface area contributed by atoms with E-state index in [-0.39, 0.29) is 17.5 Å². The van der Waals surface area contributed by atoms with Gasteiger partial charge in [-0.2, -0.15) is 0 Å². The maximum absolute atomic E-state index is 14.0. The Morgan fingerprint density at radius 3 is 2.38 bits per heavy atom. The third-order valence-electron chi connectivity index (χ3n) is 4.48. The lowest BCUT2D eigenvalue weighted by Gasteiger charge is -2.13. The predicted octanol–water partition coefficient (Wildman–Crippen LogP) is 3.93. The van der Waals surface area contributed by atoms with Crippen LogP contribution in [-0.4, -0.2) is 17.0 Å². The molecule has 3 rings (SSSR count). The maximum Gasteiger partial charge on any atom is 0.306 e. The molecule has 0 unspecified atom stereocenters. The molecule has 2 aromatic rings. The van der Waals surface area contributed by atoms with Crippen molar-refractivity contribution in [3.8, 4) is 11.1 Å². The van der Waals surface area contributed by atoms with E-state index in [0.29, 0.717) is 19.3 Å². The van der Waals surface area contributed by atoms with Crippen LogP contribution in [0.5, 0.6) is 0 Å². The van der Waals surface area contributed by atoms with Crippen LogP contribution in [0.4, 0.5) is 10.1 Å². The summed E-state index contributed by atoms with van der Waals surface area (Å²) < 4.78 is 14.0. The summed E-state index contributed by atoms with van der Waals surface area (Å²) in [6, 6.07) is 14.1. The molecular formula is C19H18FNO3. The fourth-order valence-electron chi connectivity index (χ4n) is 3.11. The van der Waals surface area contributed by atoms with E-state index < -0.39 is 17.7 Å². The summed E-state index contributed by atoms with van der Waals surface area (Å²) in [5, 5.41) is 11.6. The van der Waals surface area contributed by atoms with Gasteiger partial charge in [0.15, 0.2) is 0 Å². The van der Waals surface area contributed by atoms with Crippen LogP contribution >= 0.6 is 0 Å². The Labute approximate surface area is 139 Å². The first-order valence-electron chi connectivity index (χ1n) is 7.93. The molecule has 2 aromatic carbocycles. The van der Waals surface area contributed by atoms with Crippen molar-refractivity contribution in [2.75, 3.05) is 5.32 Å². The van der Waals surface area contributed by atoms with E-state index >= 15 is 0 Å². The summed E-state index contributed by atoms with van der Waals surface area (Å²) in [6.07, 6.45) is 1.31. The Bertz CT molecular complexity index is 760. The quantitative estimate of drug-likeness (QED) is 0.894. The Hall–Kier alpha value is -2.69. The van der Waals surface area contributed by atoms with Crippen molar-refractivity contribution >= 4 is 17.6 Å². The molecule has 1 amide bonds. The lowest BCUT2D eigenvalue weighted by Crippen LogP contribution is -2.22. The molecule has 4 nitrogen and oxygen atoms in total. The van der Waals surface area contributed by atoms with Gasteiger partial charge in [-0.1, -0.05) is 36.4 Å². The number of halogens is 1. The number of amides is 1. The number of rotatable bonds is 4. The first-order chi connectivity index (χ1) is 11.5. The molecule has 0 bridgehead atoms. The van der Waals surface area contributed by atoms with Crippen LogP contribution in [0.15, 0.2) is 48.5 Å². The first-order valence-corrected chi connectivity index (χ1v) is 7.93. The zero-order chi connectivity index (χ0) is 17.1. The van der Waals surface area contributed by atoms with Crippen LogP contribution in [0.25, 0.3) is 11.1 Å². The number of anilines is 1. The molecule has 0 saturated heterocycles. The number of benzene rings is 2. The second-order valence-electron chi connectivity index (χ2n) is 6.10. The van der Waals surface area contributed by atoms with Crippen LogP contribution in [-0.2, 0) is 9.59 Å². The molecule has 1 aliphatic carbocycles. The van der Waals surface area contributed by atoms with E-state index in [0.717, 1.165) is 11.1 Å². The highest BCUT2D eigenvalue weighted by Crippen LogP contribution is 2.32. The number of hydrogen-bond acceptors (Lipinski definition) is 2. The molecule has 0 radical (unpaired) electrons. The smallest absolute Gasteiger partial charge is 0.306 e. The van der Waals surface area contributed by atoms with Crippen LogP contribution in [0.3, 0.4) is 0 Å². The normalized spacial score (nSPS) is 19.9. The highest BCUT2D eigenvalue weighted by atomic mass is 19.1. The number of carboxylic acids is 1. The zero-order valence-electron chi connectivity index (χ0n) is 13.0. The molecule has 5 heteroatoms. The van der Waals surface area contributed by atoms with E-state index in [1.54, 1.807) is 12.1 Å². The summed E-state index contributed by atoms with van der Waals surface area (Å²) in [6.45, 7) is 0. The molecule has 0 aromatic heterocycles. The van der Waals surface area contributed by atoms with Crippen LogP contribution in [0, 0.1) is 17.7 Å². The predicted molar refractivity (Wildman–Crippen MR) is 88.9 cm³/mol. The number of carbonyl (C=O) groups excluding carboxylic acids is 1. The largest absolute Gasteiger partial charge is 0.481 e. The van der Waals surface area contributed by atoms with Crippen LogP contribution in [0.2, 0.25) is 0 Å². The molecule has 24 heavy (non-hydrogen) atoms. The number of hydrogen-bond donors (Lipinski definition) is 2.